The van der Waals surface area contributed by atoms with Crippen molar-refractivity contribution in [3.63, 3.8) is 0 Å². The van der Waals surface area contributed by atoms with Crippen molar-refractivity contribution in [2.24, 2.45) is 0 Å². The smallest absolute Gasteiger partial charge is 0.145 e. The summed E-state index contributed by atoms with van der Waals surface area (Å²) in [6.45, 7) is 2.13. The second-order valence-corrected chi connectivity index (χ2v) is 3.16. The maximum Gasteiger partial charge on any atom is 0.145 e. The van der Waals surface area contributed by atoms with Gasteiger partial charge in [0, 0.05) is 0 Å². The number of nitrogen functional groups attached to an aromatic ring is 1. The van der Waals surface area contributed by atoms with Crippen LogP contribution in [0, 0.1) is 0 Å². The zero-order valence-electron chi connectivity index (χ0n) is 8.96. The van der Waals surface area contributed by atoms with Crippen molar-refractivity contribution < 1.29 is 9.47 Å². The predicted octanol–water partition coefficient (Wildman–Crippen LogP) is 2.24. The molecule has 0 aliphatic carbocycles. The van der Waals surface area contributed by atoms with Crippen molar-refractivity contribution in [1.82, 2.24) is 0 Å². The van der Waals surface area contributed by atoms with Crippen molar-refractivity contribution >= 4 is 5.69 Å². The summed E-state index contributed by atoms with van der Waals surface area (Å²) in [4.78, 5) is 0. The zero-order chi connectivity index (χ0) is 10.6. The molecule has 1 aromatic carbocycles. The number of benzene rings is 1. The molecule has 0 aromatic heterocycles. The Morgan fingerprint density at radius 3 is 2.00 bits per heavy atom. The lowest BCUT2D eigenvalue weighted by Gasteiger charge is -2.11. The lowest BCUT2D eigenvalue weighted by molar-refractivity contribution is 0.397. The third-order valence-corrected chi connectivity index (χ3v) is 2.14. The van der Waals surface area contributed by atoms with E-state index in [0.29, 0.717) is 17.2 Å². The molecule has 3 nitrogen and oxygen atoms in total. The van der Waals surface area contributed by atoms with Crippen LogP contribution in [0.1, 0.15) is 18.9 Å². The van der Waals surface area contributed by atoms with E-state index in [0.717, 1.165) is 12.8 Å². The van der Waals surface area contributed by atoms with Gasteiger partial charge in [0.05, 0.1) is 14.2 Å². The number of aryl methyl sites for hydroxylation is 1. The Labute approximate surface area is 84.8 Å². The summed E-state index contributed by atoms with van der Waals surface area (Å²) >= 11 is 0. The average molecular weight is 195 g/mol. The van der Waals surface area contributed by atoms with E-state index in [1.54, 1.807) is 14.2 Å². The van der Waals surface area contributed by atoms with Crippen LogP contribution in [0.3, 0.4) is 0 Å². The molecular formula is C11H17NO2. The largest absolute Gasteiger partial charge is 0.494 e. The van der Waals surface area contributed by atoms with E-state index in [1.165, 1.54) is 5.56 Å². The Kier molecular flexibility index (Phi) is 3.63. The van der Waals surface area contributed by atoms with Crippen LogP contribution < -0.4 is 15.2 Å². The first kappa shape index (κ1) is 10.7. The maximum atomic E-state index is 5.82. The van der Waals surface area contributed by atoms with Crippen molar-refractivity contribution in [2.45, 2.75) is 19.8 Å². The van der Waals surface area contributed by atoms with Crippen molar-refractivity contribution in [1.29, 1.82) is 0 Å². The Morgan fingerprint density at radius 2 is 1.64 bits per heavy atom. The van der Waals surface area contributed by atoms with E-state index in [1.807, 2.05) is 12.1 Å². The van der Waals surface area contributed by atoms with Gasteiger partial charge in [0.1, 0.15) is 17.2 Å². The lowest BCUT2D eigenvalue weighted by atomic mass is 10.1. The highest BCUT2D eigenvalue weighted by Gasteiger charge is 2.08. The fraction of sp³-hybridized carbons (Fsp3) is 0.455. The van der Waals surface area contributed by atoms with Gasteiger partial charge in [0.25, 0.3) is 0 Å². The molecule has 0 aliphatic rings. The Morgan fingerprint density at radius 1 is 1.14 bits per heavy atom. The number of anilines is 1. The first-order valence-electron chi connectivity index (χ1n) is 4.73. The predicted molar refractivity (Wildman–Crippen MR) is 58.0 cm³/mol. The molecule has 3 heteroatoms. The summed E-state index contributed by atoms with van der Waals surface area (Å²) in [6.07, 6.45) is 2.10. The summed E-state index contributed by atoms with van der Waals surface area (Å²) in [5, 5.41) is 0. The van der Waals surface area contributed by atoms with Crippen molar-refractivity contribution in [2.75, 3.05) is 20.0 Å². The van der Waals surface area contributed by atoms with E-state index < -0.39 is 0 Å². The molecular weight excluding hydrogens is 178 g/mol. The van der Waals surface area contributed by atoms with Gasteiger partial charge in [-0.15, -0.1) is 0 Å². The fourth-order valence-electron chi connectivity index (χ4n) is 1.43. The number of hydrogen-bond acceptors (Lipinski definition) is 3. The average Bonchev–Trinajstić information content (AvgIpc) is 2.20. The molecule has 0 spiro atoms. The van der Waals surface area contributed by atoms with E-state index in [2.05, 4.69) is 6.92 Å². The third kappa shape index (κ3) is 2.10. The van der Waals surface area contributed by atoms with E-state index in [9.17, 15) is 0 Å². The van der Waals surface area contributed by atoms with Crippen LogP contribution in [0.2, 0.25) is 0 Å². The van der Waals surface area contributed by atoms with E-state index >= 15 is 0 Å². The van der Waals surface area contributed by atoms with Gasteiger partial charge in [-0.2, -0.15) is 0 Å². The molecule has 2 N–H and O–H groups in total. The Balaban J connectivity index is 3.11. The van der Waals surface area contributed by atoms with Crippen LogP contribution in [0.4, 0.5) is 5.69 Å². The van der Waals surface area contributed by atoms with Crippen molar-refractivity contribution in [3.05, 3.63) is 17.7 Å². The lowest BCUT2D eigenvalue weighted by Crippen LogP contribution is -1.98. The van der Waals surface area contributed by atoms with Gasteiger partial charge in [-0.25, -0.2) is 0 Å². The van der Waals surface area contributed by atoms with Gasteiger partial charge in [-0.1, -0.05) is 13.3 Å². The third-order valence-electron chi connectivity index (χ3n) is 2.14. The summed E-state index contributed by atoms with van der Waals surface area (Å²) in [7, 11) is 3.22. The molecule has 0 unspecified atom stereocenters. The van der Waals surface area contributed by atoms with Gasteiger partial charge in [-0.3, -0.25) is 0 Å². The molecule has 78 valence electrons. The number of nitrogens with two attached hydrogens (primary N) is 1. The minimum absolute atomic E-state index is 0.565. The molecule has 0 saturated carbocycles. The van der Waals surface area contributed by atoms with Crippen LogP contribution >= 0.6 is 0 Å². The highest BCUT2D eigenvalue weighted by atomic mass is 16.5. The molecule has 0 heterocycles. The first-order valence-corrected chi connectivity index (χ1v) is 4.73. The summed E-state index contributed by atoms with van der Waals surface area (Å²) in [6, 6.07) is 3.92. The van der Waals surface area contributed by atoms with Gasteiger partial charge in [0.15, 0.2) is 0 Å². The van der Waals surface area contributed by atoms with Crippen LogP contribution in [-0.2, 0) is 6.42 Å². The molecule has 0 atom stereocenters. The molecule has 0 bridgehead atoms. The molecule has 1 rings (SSSR count). The first-order chi connectivity index (χ1) is 6.72. The summed E-state index contributed by atoms with van der Waals surface area (Å²) < 4.78 is 10.3. The zero-order valence-corrected chi connectivity index (χ0v) is 8.96. The minimum atomic E-state index is 0.565. The Bertz CT molecular complexity index is 285. The van der Waals surface area contributed by atoms with Gasteiger partial charge < -0.3 is 15.2 Å². The Hall–Kier alpha value is -1.38. The fourth-order valence-corrected chi connectivity index (χ4v) is 1.43. The topological polar surface area (TPSA) is 44.5 Å². The molecule has 1 aromatic rings. The molecule has 0 amide bonds. The number of rotatable bonds is 4. The molecule has 0 saturated heterocycles. The second-order valence-electron chi connectivity index (χ2n) is 3.16. The molecule has 0 radical (unpaired) electrons. The molecule has 0 aliphatic heterocycles. The van der Waals surface area contributed by atoms with Crippen LogP contribution in [-0.4, -0.2) is 14.2 Å². The molecule has 0 fully saturated rings. The quantitative estimate of drug-likeness (QED) is 0.749. The summed E-state index contributed by atoms with van der Waals surface area (Å²) in [5.74, 6) is 1.38. The maximum absolute atomic E-state index is 5.82. The standard InChI is InChI=1S/C11H17NO2/c1-4-5-8-6-9(13-2)11(12)10(7-8)14-3/h6-7H,4-5,12H2,1-3H3. The highest BCUT2D eigenvalue weighted by Crippen LogP contribution is 2.33. The van der Waals surface area contributed by atoms with Crippen molar-refractivity contribution in [3.8, 4) is 11.5 Å². The van der Waals surface area contributed by atoms with Gasteiger partial charge in [0.2, 0.25) is 0 Å². The van der Waals surface area contributed by atoms with E-state index in [4.69, 9.17) is 15.2 Å². The van der Waals surface area contributed by atoms with Gasteiger partial charge >= 0.3 is 0 Å². The van der Waals surface area contributed by atoms with Crippen LogP contribution in [0.15, 0.2) is 12.1 Å². The van der Waals surface area contributed by atoms with Gasteiger partial charge in [-0.05, 0) is 24.1 Å². The SMILES string of the molecule is CCCc1cc(OC)c(N)c(OC)c1. The minimum Gasteiger partial charge on any atom is -0.494 e. The second kappa shape index (κ2) is 4.74. The molecule has 14 heavy (non-hydrogen) atoms. The normalized spacial score (nSPS) is 9.93. The highest BCUT2D eigenvalue weighted by molar-refractivity contribution is 5.64. The van der Waals surface area contributed by atoms with E-state index in [-0.39, 0.29) is 0 Å². The number of hydrogen-bond donors (Lipinski definition) is 1. The number of ether oxygens (including phenoxy) is 2. The summed E-state index contributed by atoms with van der Waals surface area (Å²) in [5.41, 5.74) is 7.57. The monoisotopic (exact) mass is 195 g/mol. The van der Waals surface area contributed by atoms with Crippen LogP contribution in [0.25, 0.3) is 0 Å². The number of methoxy groups -OCH3 is 2. The van der Waals surface area contributed by atoms with Crippen LogP contribution in [0.5, 0.6) is 11.5 Å².